The Bertz CT molecular complexity index is 279. The molecule has 17 heavy (non-hydrogen) atoms. The second-order valence-electron chi connectivity index (χ2n) is 4.44. The van der Waals surface area contributed by atoms with Crippen molar-refractivity contribution in [1.29, 1.82) is 0 Å². The molecule has 0 atom stereocenters. The van der Waals surface area contributed by atoms with E-state index in [4.69, 9.17) is 4.74 Å². The lowest BCUT2D eigenvalue weighted by Crippen LogP contribution is -1.96. The van der Waals surface area contributed by atoms with E-state index in [0.717, 1.165) is 18.8 Å². The van der Waals surface area contributed by atoms with Crippen molar-refractivity contribution in [2.45, 2.75) is 51.9 Å². The van der Waals surface area contributed by atoms with Gasteiger partial charge in [-0.15, -0.1) is 0 Å². The standard InChI is InChI=1S/C15H23O2/c1-2-3-4-5-6-7-8-13-17-15-11-9-14(16)10-12-15/h9-12H,2-8,13H2,1H3. The number of rotatable bonds is 9. The minimum Gasteiger partial charge on any atom is -0.494 e. The first-order valence-electron chi connectivity index (χ1n) is 6.73. The Hall–Kier alpha value is -1.18. The van der Waals surface area contributed by atoms with Gasteiger partial charge in [0.15, 0.2) is 5.75 Å². The molecule has 1 rings (SSSR count). The SMILES string of the molecule is CCCCCCCCCOc1ccc([O])cc1. The Morgan fingerprint density at radius 1 is 0.882 bits per heavy atom. The van der Waals surface area contributed by atoms with Gasteiger partial charge in [-0.2, -0.15) is 0 Å². The third-order valence-electron chi connectivity index (χ3n) is 2.84. The molecule has 0 aliphatic rings. The average molecular weight is 235 g/mol. The molecular weight excluding hydrogens is 212 g/mol. The molecule has 0 saturated heterocycles. The Morgan fingerprint density at radius 3 is 2.12 bits per heavy atom. The Balaban J connectivity index is 1.95. The van der Waals surface area contributed by atoms with Gasteiger partial charge in [0.1, 0.15) is 5.75 Å². The van der Waals surface area contributed by atoms with Crippen molar-refractivity contribution in [3.05, 3.63) is 24.3 Å². The zero-order chi connectivity index (χ0) is 12.3. The van der Waals surface area contributed by atoms with E-state index < -0.39 is 0 Å². The van der Waals surface area contributed by atoms with Crippen LogP contribution in [0.3, 0.4) is 0 Å². The quantitative estimate of drug-likeness (QED) is 0.556. The van der Waals surface area contributed by atoms with Crippen molar-refractivity contribution >= 4 is 0 Å². The third-order valence-corrected chi connectivity index (χ3v) is 2.84. The van der Waals surface area contributed by atoms with Gasteiger partial charge in [0.2, 0.25) is 0 Å². The summed E-state index contributed by atoms with van der Waals surface area (Å²) in [5.41, 5.74) is 0. The van der Waals surface area contributed by atoms with Crippen molar-refractivity contribution in [3.63, 3.8) is 0 Å². The van der Waals surface area contributed by atoms with Crippen LogP contribution in [0.15, 0.2) is 24.3 Å². The number of unbranched alkanes of at least 4 members (excludes halogenated alkanes) is 6. The molecule has 2 nitrogen and oxygen atoms in total. The molecule has 0 spiro atoms. The molecule has 0 saturated carbocycles. The normalized spacial score (nSPS) is 10.4. The van der Waals surface area contributed by atoms with E-state index in [1.165, 1.54) is 38.5 Å². The highest BCUT2D eigenvalue weighted by molar-refractivity contribution is 5.29. The molecule has 1 aromatic rings. The van der Waals surface area contributed by atoms with Crippen LogP contribution in [0.1, 0.15) is 51.9 Å². The van der Waals surface area contributed by atoms with Gasteiger partial charge in [0.05, 0.1) is 6.61 Å². The summed E-state index contributed by atoms with van der Waals surface area (Å²) in [5, 5.41) is 10.9. The van der Waals surface area contributed by atoms with E-state index in [2.05, 4.69) is 6.92 Å². The summed E-state index contributed by atoms with van der Waals surface area (Å²) in [6.45, 7) is 2.99. The van der Waals surface area contributed by atoms with Gasteiger partial charge in [-0.1, -0.05) is 45.4 Å². The van der Waals surface area contributed by atoms with Gasteiger partial charge in [-0.25, -0.2) is 0 Å². The maximum Gasteiger partial charge on any atom is 0.178 e. The summed E-state index contributed by atoms with van der Waals surface area (Å²) >= 11 is 0. The van der Waals surface area contributed by atoms with E-state index in [1.807, 2.05) is 0 Å². The van der Waals surface area contributed by atoms with Crippen LogP contribution >= 0.6 is 0 Å². The zero-order valence-corrected chi connectivity index (χ0v) is 10.8. The van der Waals surface area contributed by atoms with Crippen LogP contribution in [0.5, 0.6) is 11.5 Å². The maximum absolute atomic E-state index is 10.9. The summed E-state index contributed by atoms with van der Waals surface area (Å²) in [4.78, 5) is 0. The molecule has 1 aromatic carbocycles. The fourth-order valence-electron chi connectivity index (χ4n) is 1.79. The molecule has 0 aliphatic carbocycles. The molecule has 0 unspecified atom stereocenters. The highest BCUT2D eigenvalue weighted by Crippen LogP contribution is 2.17. The molecule has 0 bridgehead atoms. The molecular formula is C15H23O2. The lowest BCUT2D eigenvalue weighted by Gasteiger charge is -2.05. The topological polar surface area (TPSA) is 29.1 Å². The second kappa shape index (κ2) is 8.91. The van der Waals surface area contributed by atoms with Crippen LogP contribution in [0.2, 0.25) is 0 Å². The van der Waals surface area contributed by atoms with Crippen molar-refractivity contribution in [3.8, 4) is 11.5 Å². The lowest BCUT2D eigenvalue weighted by atomic mass is 10.1. The highest BCUT2D eigenvalue weighted by Gasteiger charge is 1.95. The summed E-state index contributed by atoms with van der Waals surface area (Å²) < 4.78 is 5.55. The van der Waals surface area contributed by atoms with Crippen LogP contribution in [-0.2, 0) is 5.11 Å². The number of hydrogen-bond acceptors (Lipinski definition) is 1. The highest BCUT2D eigenvalue weighted by atomic mass is 16.5. The molecule has 0 amide bonds. The summed E-state index contributed by atoms with van der Waals surface area (Å²) in [5.74, 6) is 0.837. The van der Waals surface area contributed by atoms with Crippen molar-refractivity contribution in [2.75, 3.05) is 6.61 Å². The zero-order valence-electron chi connectivity index (χ0n) is 10.8. The predicted octanol–water partition coefficient (Wildman–Crippen LogP) is 4.96. The van der Waals surface area contributed by atoms with Crippen LogP contribution in [0.25, 0.3) is 0 Å². The summed E-state index contributed by atoms with van der Waals surface area (Å²) in [6, 6.07) is 6.56. The fraction of sp³-hybridized carbons (Fsp3) is 0.600. The van der Waals surface area contributed by atoms with E-state index >= 15 is 0 Å². The number of benzene rings is 1. The molecule has 1 radical (unpaired) electrons. The largest absolute Gasteiger partial charge is 0.494 e. The Kier molecular flexibility index (Phi) is 7.28. The molecule has 0 fully saturated rings. The van der Waals surface area contributed by atoms with Crippen LogP contribution in [0.4, 0.5) is 0 Å². The minimum absolute atomic E-state index is 0.0354. The third kappa shape index (κ3) is 6.88. The predicted molar refractivity (Wildman–Crippen MR) is 70.1 cm³/mol. The van der Waals surface area contributed by atoms with E-state index in [1.54, 1.807) is 24.3 Å². The summed E-state index contributed by atoms with van der Waals surface area (Å²) in [6.07, 6.45) is 9.02. The fourth-order valence-corrected chi connectivity index (χ4v) is 1.79. The molecule has 95 valence electrons. The number of hydrogen-bond donors (Lipinski definition) is 0. The Morgan fingerprint density at radius 2 is 1.47 bits per heavy atom. The van der Waals surface area contributed by atoms with Crippen molar-refractivity contribution < 1.29 is 9.84 Å². The summed E-state index contributed by atoms with van der Waals surface area (Å²) in [7, 11) is 0. The van der Waals surface area contributed by atoms with Gasteiger partial charge < -0.3 is 4.74 Å². The molecule has 0 aliphatic heterocycles. The van der Waals surface area contributed by atoms with E-state index in [9.17, 15) is 5.11 Å². The van der Waals surface area contributed by atoms with Crippen molar-refractivity contribution in [1.82, 2.24) is 0 Å². The van der Waals surface area contributed by atoms with E-state index in [0.29, 0.717) is 0 Å². The first-order chi connectivity index (χ1) is 8.33. The van der Waals surface area contributed by atoms with Gasteiger partial charge >= 0.3 is 0 Å². The first kappa shape index (κ1) is 13.9. The second-order valence-corrected chi connectivity index (χ2v) is 4.44. The lowest BCUT2D eigenvalue weighted by molar-refractivity contribution is 0.302. The average Bonchev–Trinajstić information content (AvgIpc) is 2.35. The monoisotopic (exact) mass is 235 g/mol. The van der Waals surface area contributed by atoms with Gasteiger partial charge in [-0.3, -0.25) is 5.11 Å². The molecule has 0 N–H and O–H groups in total. The molecule has 2 heteroatoms. The first-order valence-corrected chi connectivity index (χ1v) is 6.73. The van der Waals surface area contributed by atoms with Crippen molar-refractivity contribution in [2.24, 2.45) is 0 Å². The number of ether oxygens (including phenoxy) is 1. The van der Waals surface area contributed by atoms with Gasteiger partial charge in [0.25, 0.3) is 0 Å². The van der Waals surface area contributed by atoms with Gasteiger partial charge in [-0.05, 0) is 30.7 Å². The maximum atomic E-state index is 10.9. The molecule has 0 aromatic heterocycles. The van der Waals surface area contributed by atoms with Gasteiger partial charge in [0, 0.05) is 0 Å². The molecule has 0 heterocycles. The smallest absolute Gasteiger partial charge is 0.178 e. The van der Waals surface area contributed by atoms with Crippen LogP contribution in [-0.4, -0.2) is 6.61 Å². The van der Waals surface area contributed by atoms with E-state index in [-0.39, 0.29) is 5.75 Å². The Labute approximate surface area is 105 Å². The van der Waals surface area contributed by atoms with Crippen LogP contribution < -0.4 is 4.74 Å². The van der Waals surface area contributed by atoms with Crippen LogP contribution in [0, 0.1) is 0 Å². The minimum atomic E-state index is 0.0354.